The molecule has 3 N–H and O–H groups in total. The Hall–Kier alpha value is -0.120. The molecule has 144 valence electrons. The molecule has 24 heavy (non-hydrogen) atoms. The molecule has 0 radical (unpaired) electrons. The molecule has 1 fully saturated rings. The van der Waals surface area contributed by atoms with Crippen LogP contribution in [0.2, 0.25) is 0 Å². The number of nitrogens with one attached hydrogen (secondary N) is 2. The largest absolute Gasteiger partial charge is 0.388 e. The topological polar surface area (TPSA) is 75.1 Å². The molecule has 0 aromatic heterocycles. The molecule has 0 amide bonds. The van der Waals surface area contributed by atoms with Crippen LogP contribution in [0.5, 0.6) is 0 Å². The summed E-state index contributed by atoms with van der Waals surface area (Å²) in [5, 5.41) is 16.8. The van der Waals surface area contributed by atoms with Crippen LogP contribution in [0.4, 0.5) is 0 Å². The molecule has 0 bridgehead atoms. The minimum Gasteiger partial charge on any atom is -0.388 e. The molecule has 0 aromatic carbocycles. The highest BCUT2D eigenvalue weighted by Crippen LogP contribution is 2.29. The van der Waals surface area contributed by atoms with Gasteiger partial charge in [-0.1, -0.05) is 26.2 Å². The van der Waals surface area contributed by atoms with Crippen molar-refractivity contribution >= 4 is 29.9 Å². The van der Waals surface area contributed by atoms with E-state index in [1.165, 1.54) is 0 Å². The number of rotatable bonds is 12. The van der Waals surface area contributed by atoms with E-state index in [1.54, 1.807) is 0 Å². The van der Waals surface area contributed by atoms with Gasteiger partial charge in [-0.2, -0.15) is 0 Å². The van der Waals surface area contributed by atoms with Crippen molar-refractivity contribution in [1.82, 2.24) is 10.6 Å². The monoisotopic (exact) mass is 457 g/mol. The van der Waals surface area contributed by atoms with Crippen LogP contribution >= 0.6 is 24.0 Å². The zero-order valence-electron chi connectivity index (χ0n) is 15.3. The molecule has 6 nitrogen and oxygen atoms in total. The van der Waals surface area contributed by atoms with E-state index >= 15 is 0 Å². The van der Waals surface area contributed by atoms with Gasteiger partial charge in [0, 0.05) is 19.7 Å². The molecular formula is C17H36IN3O3. The SMILES string of the molecule is CCCCOCCOCCNC(=NCC1(O)CCCC1)NCC.I. The Bertz CT molecular complexity index is 324. The molecule has 0 saturated heterocycles. The molecule has 1 aliphatic rings. The Morgan fingerprint density at radius 1 is 1.04 bits per heavy atom. The van der Waals surface area contributed by atoms with Gasteiger partial charge in [0.2, 0.25) is 0 Å². The molecule has 0 unspecified atom stereocenters. The van der Waals surface area contributed by atoms with Crippen LogP contribution in [-0.4, -0.2) is 62.7 Å². The fourth-order valence-electron chi connectivity index (χ4n) is 2.57. The fraction of sp³-hybridized carbons (Fsp3) is 0.941. The molecular weight excluding hydrogens is 421 g/mol. The maximum atomic E-state index is 10.3. The second-order valence-electron chi connectivity index (χ2n) is 6.13. The third-order valence-corrected chi connectivity index (χ3v) is 3.96. The van der Waals surface area contributed by atoms with Gasteiger partial charge < -0.3 is 25.2 Å². The van der Waals surface area contributed by atoms with Crippen LogP contribution < -0.4 is 10.6 Å². The lowest BCUT2D eigenvalue weighted by Gasteiger charge is -2.20. The van der Waals surface area contributed by atoms with Gasteiger partial charge in [0.05, 0.1) is 32.0 Å². The van der Waals surface area contributed by atoms with Crippen molar-refractivity contribution < 1.29 is 14.6 Å². The smallest absolute Gasteiger partial charge is 0.191 e. The van der Waals surface area contributed by atoms with E-state index in [0.717, 1.165) is 57.6 Å². The Labute approximate surface area is 164 Å². The maximum Gasteiger partial charge on any atom is 0.191 e. The highest BCUT2D eigenvalue weighted by atomic mass is 127. The minimum atomic E-state index is -0.603. The summed E-state index contributed by atoms with van der Waals surface area (Å²) in [7, 11) is 0. The number of nitrogens with zero attached hydrogens (tertiary/aromatic N) is 1. The lowest BCUT2D eigenvalue weighted by atomic mass is 10.0. The summed E-state index contributed by atoms with van der Waals surface area (Å²) >= 11 is 0. The Balaban J connectivity index is 0.00000529. The summed E-state index contributed by atoms with van der Waals surface area (Å²) in [6, 6.07) is 0. The zero-order chi connectivity index (χ0) is 16.8. The molecule has 0 aromatic rings. The molecule has 1 rings (SSSR count). The highest BCUT2D eigenvalue weighted by Gasteiger charge is 2.30. The first kappa shape index (κ1) is 23.9. The van der Waals surface area contributed by atoms with Crippen molar-refractivity contribution in [2.45, 2.75) is 58.0 Å². The predicted octanol–water partition coefficient (Wildman–Crippen LogP) is 2.30. The average Bonchev–Trinajstić information content (AvgIpc) is 2.98. The van der Waals surface area contributed by atoms with Crippen LogP contribution in [0.3, 0.4) is 0 Å². The van der Waals surface area contributed by atoms with Crippen LogP contribution in [0.15, 0.2) is 4.99 Å². The second-order valence-corrected chi connectivity index (χ2v) is 6.13. The first-order valence-corrected chi connectivity index (χ1v) is 9.10. The van der Waals surface area contributed by atoms with Crippen LogP contribution in [-0.2, 0) is 9.47 Å². The lowest BCUT2D eigenvalue weighted by Crippen LogP contribution is -2.40. The summed E-state index contributed by atoms with van der Waals surface area (Å²) < 4.78 is 11.0. The average molecular weight is 457 g/mol. The summed E-state index contributed by atoms with van der Waals surface area (Å²) in [6.45, 7) is 8.86. The lowest BCUT2D eigenvalue weighted by molar-refractivity contribution is 0.0486. The Morgan fingerprint density at radius 2 is 1.71 bits per heavy atom. The van der Waals surface area contributed by atoms with Gasteiger partial charge in [-0.15, -0.1) is 24.0 Å². The predicted molar refractivity (Wildman–Crippen MR) is 109 cm³/mol. The first-order valence-electron chi connectivity index (χ1n) is 9.10. The van der Waals surface area contributed by atoms with E-state index in [-0.39, 0.29) is 24.0 Å². The van der Waals surface area contributed by atoms with Crippen molar-refractivity contribution in [3.63, 3.8) is 0 Å². The quantitative estimate of drug-likeness (QED) is 0.182. The fourth-order valence-corrected chi connectivity index (χ4v) is 2.57. The van der Waals surface area contributed by atoms with Crippen molar-refractivity contribution in [3.8, 4) is 0 Å². The van der Waals surface area contributed by atoms with Crippen molar-refractivity contribution in [2.75, 3.05) is 46.1 Å². The number of aliphatic hydroxyl groups is 1. The van der Waals surface area contributed by atoms with E-state index in [1.807, 2.05) is 6.92 Å². The normalized spacial score (nSPS) is 16.7. The maximum absolute atomic E-state index is 10.3. The molecule has 0 aliphatic heterocycles. The first-order chi connectivity index (χ1) is 11.2. The minimum absolute atomic E-state index is 0. The standard InChI is InChI=1S/C17H35N3O3.HI/c1-3-5-11-22-13-14-23-12-10-19-16(18-4-2)20-15-17(21)8-6-7-9-17;/h21H,3-15H2,1-2H3,(H2,18,19,20);1H. The van der Waals surface area contributed by atoms with Gasteiger partial charge in [0.1, 0.15) is 0 Å². The van der Waals surface area contributed by atoms with E-state index in [0.29, 0.717) is 32.9 Å². The van der Waals surface area contributed by atoms with Gasteiger partial charge in [0.25, 0.3) is 0 Å². The highest BCUT2D eigenvalue weighted by molar-refractivity contribution is 14.0. The number of hydrogen-bond donors (Lipinski definition) is 3. The number of halogens is 1. The van der Waals surface area contributed by atoms with Gasteiger partial charge in [0.15, 0.2) is 5.96 Å². The third kappa shape index (κ3) is 11.4. The van der Waals surface area contributed by atoms with Crippen molar-refractivity contribution in [3.05, 3.63) is 0 Å². The molecule has 1 aliphatic carbocycles. The number of hydrogen-bond acceptors (Lipinski definition) is 4. The van der Waals surface area contributed by atoms with Gasteiger partial charge in [-0.05, 0) is 26.2 Å². The summed E-state index contributed by atoms with van der Waals surface area (Å²) in [4.78, 5) is 4.50. The molecule has 0 heterocycles. The summed E-state index contributed by atoms with van der Waals surface area (Å²) in [6.07, 6.45) is 6.19. The third-order valence-electron chi connectivity index (χ3n) is 3.96. The summed E-state index contributed by atoms with van der Waals surface area (Å²) in [5.74, 6) is 0.746. The summed E-state index contributed by atoms with van der Waals surface area (Å²) in [5.41, 5.74) is -0.603. The molecule has 0 spiro atoms. The Morgan fingerprint density at radius 3 is 2.33 bits per heavy atom. The molecule has 7 heteroatoms. The van der Waals surface area contributed by atoms with Gasteiger partial charge >= 0.3 is 0 Å². The number of ether oxygens (including phenoxy) is 2. The van der Waals surface area contributed by atoms with Crippen LogP contribution in [0.25, 0.3) is 0 Å². The zero-order valence-corrected chi connectivity index (χ0v) is 17.6. The van der Waals surface area contributed by atoms with Crippen LogP contribution in [0.1, 0.15) is 52.4 Å². The van der Waals surface area contributed by atoms with Gasteiger partial charge in [-0.25, -0.2) is 0 Å². The van der Waals surface area contributed by atoms with Crippen LogP contribution in [0, 0.1) is 0 Å². The molecule has 1 saturated carbocycles. The molecule has 0 atom stereocenters. The Kier molecular flexibility index (Phi) is 15.1. The number of guanidine groups is 1. The van der Waals surface area contributed by atoms with E-state index in [2.05, 4.69) is 22.5 Å². The number of unbranched alkanes of at least 4 members (excludes halogenated alkanes) is 1. The van der Waals surface area contributed by atoms with E-state index in [9.17, 15) is 5.11 Å². The van der Waals surface area contributed by atoms with Crippen molar-refractivity contribution in [2.24, 2.45) is 4.99 Å². The van der Waals surface area contributed by atoms with Gasteiger partial charge in [-0.3, -0.25) is 4.99 Å². The second kappa shape index (κ2) is 15.2. The van der Waals surface area contributed by atoms with E-state index < -0.39 is 5.60 Å². The van der Waals surface area contributed by atoms with Crippen molar-refractivity contribution in [1.29, 1.82) is 0 Å². The number of aliphatic imine (C=N–C) groups is 1. The van der Waals surface area contributed by atoms with E-state index in [4.69, 9.17) is 9.47 Å².